The predicted octanol–water partition coefficient (Wildman–Crippen LogP) is 4.34. The molecule has 88 valence electrons. The molecule has 0 aliphatic heterocycles. The zero-order valence-electron chi connectivity index (χ0n) is 8.88. The Kier molecular flexibility index (Phi) is 3.74. The van der Waals surface area contributed by atoms with Gasteiger partial charge in [0.05, 0.1) is 5.69 Å². The van der Waals surface area contributed by atoms with E-state index in [9.17, 15) is 8.78 Å². The van der Waals surface area contributed by atoms with Gasteiger partial charge in [-0.3, -0.25) is 0 Å². The summed E-state index contributed by atoms with van der Waals surface area (Å²) in [6.07, 6.45) is 0. The van der Waals surface area contributed by atoms with Crippen molar-refractivity contribution in [2.75, 3.05) is 5.32 Å². The fraction of sp³-hybridized carbons (Fsp3) is 0.0769. The van der Waals surface area contributed by atoms with E-state index in [0.717, 1.165) is 28.2 Å². The Bertz CT molecular complexity index is 511. The molecule has 0 saturated heterocycles. The number of rotatable bonds is 3. The first-order valence-electron chi connectivity index (χ1n) is 5.08. The SMILES string of the molecule is Fc1ccc(F)c(NCc2ccc(Br)cc2)c1. The summed E-state index contributed by atoms with van der Waals surface area (Å²) < 4.78 is 27.2. The van der Waals surface area contributed by atoms with E-state index in [1.165, 1.54) is 0 Å². The van der Waals surface area contributed by atoms with E-state index in [1.807, 2.05) is 24.3 Å². The molecule has 0 radical (unpaired) electrons. The Hall–Kier alpha value is -1.42. The fourth-order valence-electron chi connectivity index (χ4n) is 1.43. The standard InChI is InChI=1S/C13H10BrF2N/c14-10-3-1-9(2-4-10)8-17-13-7-11(15)5-6-12(13)16/h1-7,17H,8H2. The Morgan fingerprint density at radius 3 is 2.41 bits per heavy atom. The van der Waals surface area contributed by atoms with E-state index in [2.05, 4.69) is 21.2 Å². The van der Waals surface area contributed by atoms with Gasteiger partial charge in [-0.2, -0.15) is 0 Å². The van der Waals surface area contributed by atoms with E-state index < -0.39 is 11.6 Å². The highest BCUT2D eigenvalue weighted by Gasteiger charge is 2.03. The summed E-state index contributed by atoms with van der Waals surface area (Å²) in [4.78, 5) is 0. The maximum absolute atomic E-state index is 13.3. The molecule has 2 rings (SSSR count). The van der Waals surface area contributed by atoms with Crippen LogP contribution in [-0.2, 0) is 6.54 Å². The number of halogens is 3. The molecule has 0 fully saturated rings. The summed E-state index contributed by atoms with van der Waals surface area (Å²) in [6.45, 7) is 0.452. The molecular formula is C13H10BrF2N. The van der Waals surface area contributed by atoms with E-state index >= 15 is 0 Å². The van der Waals surface area contributed by atoms with Gasteiger partial charge in [0.1, 0.15) is 11.6 Å². The lowest BCUT2D eigenvalue weighted by Gasteiger charge is -2.07. The molecule has 0 bridgehead atoms. The van der Waals surface area contributed by atoms with Crippen molar-refractivity contribution >= 4 is 21.6 Å². The van der Waals surface area contributed by atoms with Gasteiger partial charge < -0.3 is 5.32 Å². The molecular weight excluding hydrogens is 288 g/mol. The van der Waals surface area contributed by atoms with Crippen molar-refractivity contribution in [1.82, 2.24) is 0 Å². The monoisotopic (exact) mass is 297 g/mol. The molecule has 2 aromatic rings. The Balaban J connectivity index is 2.07. The van der Waals surface area contributed by atoms with Gasteiger partial charge in [-0.25, -0.2) is 8.78 Å². The molecule has 0 aromatic heterocycles. The lowest BCUT2D eigenvalue weighted by molar-refractivity contribution is 0.602. The predicted molar refractivity (Wildman–Crippen MR) is 67.8 cm³/mol. The summed E-state index contributed by atoms with van der Waals surface area (Å²) in [5, 5.41) is 2.86. The summed E-state index contributed by atoms with van der Waals surface area (Å²) in [5.41, 5.74) is 1.17. The minimum atomic E-state index is -0.455. The Morgan fingerprint density at radius 2 is 1.71 bits per heavy atom. The quantitative estimate of drug-likeness (QED) is 0.889. The molecule has 0 heterocycles. The third-order valence-electron chi connectivity index (χ3n) is 2.32. The van der Waals surface area contributed by atoms with E-state index in [4.69, 9.17) is 0 Å². The van der Waals surface area contributed by atoms with Crippen LogP contribution in [0.5, 0.6) is 0 Å². The van der Waals surface area contributed by atoms with Crippen LogP contribution in [0.1, 0.15) is 5.56 Å². The summed E-state index contributed by atoms with van der Waals surface area (Å²) in [5.74, 6) is -0.909. The average molecular weight is 298 g/mol. The fourth-order valence-corrected chi connectivity index (χ4v) is 1.70. The first-order chi connectivity index (χ1) is 8.15. The second-order valence-corrected chi connectivity index (χ2v) is 4.52. The first-order valence-corrected chi connectivity index (χ1v) is 5.88. The minimum Gasteiger partial charge on any atom is -0.379 e. The lowest BCUT2D eigenvalue weighted by atomic mass is 10.2. The number of hydrogen-bond donors (Lipinski definition) is 1. The molecule has 4 heteroatoms. The van der Waals surface area contributed by atoms with Crippen LogP contribution >= 0.6 is 15.9 Å². The molecule has 17 heavy (non-hydrogen) atoms. The molecule has 0 aliphatic carbocycles. The van der Waals surface area contributed by atoms with Crippen molar-refractivity contribution in [3.8, 4) is 0 Å². The number of benzene rings is 2. The highest BCUT2D eigenvalue weighted by atomic mass is 79.9. The van der Waals surface area contributed by atoms with Gasteiger partial charge in [0, 0.05) is 11.0 Å². The van der Waals surface area contributed by atoms with Crippen molar-refractivity contribution in [3.63, 3.8) is 0 Å². The highest BCUT2D eigenvalue weighted by molar-refractivity contribution is 9.10. The zero-order valence-corrected chi connectivity index (χ0v) is 10.5. The van der Waals surface area contributed by atoms with Crippen molar-refractivity contribution in [3.05, 3.63) is 64.1 Å². The van der Waals surface area contributed by atoms with Crippen molar-refractivity contribution in [1.29, 1.82) is 0 Å². The van der Waals surface area contributed by atoms with E-state index in [0.29, 0.717) is 6.54 Å². The third-order valence-corrected chi connectivity index (χ3v) is 2.85. The molecule has 0 saturated carbocycles. The van der Waals surface area contributed by atoms with Crippen LogP contribution in [0, 0.1) is 11.6 Å². The van der Waals surface area contributed by atoms with Crippen LogP contribution in [0.25, 0.3) is 0 Å². The summed E-state index contributed by atoms with van der Waals surface area (Å²) in [7, 11) is 0. The Labute approximate surface area is 107 Å². The number of nitrogens with one attached hydrogen (secondary N) is 1. The first kappa shape index (κ1) is 12.0. The van der Waals surface area contributed by atoms with E-state index in [-0.39, 0.29) is 5.69 Å². The minimum absolute atomic E-state index is 0.174. The van der Waals surface area contributed by atoms with Gasteiger partial charge in [0.2, 0.25) is 0 Å². The molecule has 0 aliphatic rings. The van der Waals surface area contributed by atoms with Crippen molar-refractivity contribution in [2.45, 2.75) is 6.54 Å². The summed E-state index contributed by atoms with van der Waals surface area (Å²) in [6, 6.07) is 11.0. The van der Waals surface area contributed by atoms with Crippen LogP contribution in [-0.4, -0.2) is 0 Å². The molecule has 0 unspecified atom stereocenters. The maximum atomic E-state index is 13.3. The second kappa shape index (κ2) is 5.27. The van der Waals surface area contributed by atoms with Gasteiger partial charge in [0.25, 0.3) is 0 Å². The molecule has 0 amide bonds. The van der Waals surface area contributed by atoms with Gasteiger partial charge in [-0.05, 0) is 35.9 Å². The smallest absolute Gasteiger partial charge is 0.146 e. The van der Waals surface area contributed by atoms with Crippen LogP contribution < -0.4 is 5.32 Å². The highest BCUT2D eigenvalue weighted by Crippen LogP contribution is 2.17. The van der Waals surface area contributed by atoms with Crippen LogP contribution in [0.15, 0.2) is 46.9 Å². The normalized spacial score (nSPS) is 10.3. The van der Waals surface area contributed by atoms with Crippen molar-refractivity contribution < 1.29 is 8.78 Å². The molecule has 1 N–H and O–H groups in total. The maximum Gasteiger partial charge on any atom is 0.146 e. The Morgan fingerprint density at radius 1 is 1.00 bits per heavy atom. The van der Waals surface area contributed by atoms with Crippen LogP contribution in [0.4, 0.5) is 14.5 Å². The van der Waals surface area contributed by atoms with Gasteiger partial charge in [-0.15, -0.1) is 0 Å². The third kappa shape index (κ3) is 3.27. The molecule has 0 atom stereocenters. The average Bonchev–Trinajstić information content (AvgIpc) is 2.32. The van der Waals surface area contributed by atoms with Crippen LogP contribution in [0.2, 0.25) is 0 Å². The largest absolute Gasteiger partial charge is 0.379 e. The summed E-state index contributed by atoms with van der Waals surface area (Å²) >= 11 is 3.33. The topological polar surface area (TPSA) is 12.0 Å². The van der Waals surface area contributed by atoms with Gasteiger partial charge in [0.15, 0.2) is 0 Å². The second-order valence-electron chi connectivity index (χ2n) is 3.60. The lowest BCUT2D eigenvalue weighted by Crippen LogP contribution is -2.01. The number of hydrogen-bond acceptors (Lipinski definition) is 1. The van der Waals surface area contributed by atoms with Crippen LogP contribution in [0.3, 0.4) is 0 Å². The van der Waals surface area contributed by atoms with Gasteiger partial charge >= 0.3 is 0 Å². The number of anilines is 1. The zero-order chi connectivity index (χ0) is 12.3. The molecule has 0 spiro atoms. The van der Waals surface area contributed by atoms with E-state index in [1.54, 1.807) is 0 Å². The molecule has 2 aromatic carbocycles. The molecule has 1 nitrogen and oxygen atoms in total. The van der Waals surface area contributed by atoms with Gasteiger partial charge in [-0.1, -0.05) is 28.1 Å². The van der Waals surface area contributed by atoms with Crippen molar-refractivity contribution in [2.24, 2.45) is 0 Å².